The number of aryl methyl sites for hydroxylation is 1. The number of thiol groups is 1. The lowest BCUT2D eigenvalue weighted by atomic mass is 10.1. The van der Waals surface area contributed by atoms with Crippen LogP contribution in [0.3, 0.4) is 0 Å². The van der Waals surface area contributed by atoms with Crippen molar-refractivity contribution in [3.8, 4) is 0 Å². The highest BCUT2D eigenvalue weighted by molar-refractivity contribution is 7.99. The quantitative estimate of drug-likeness (QED) is 0.585. The molecule has 0 fully saturated rings. The van der Waals surface area contributed by atoms with Crippen molar-refractivity contribution in [2.75, 3.05) is 11.5 Å². The number of furan rings is 1. The van der Waals surface area contributed by atoms with Crippen LogP contribution in [0, 0.1) is 12.8 Å². The van der Waals surface area contributed by atoms with Gasteiger partial charge in [-0.05, 0) is 43.3 Å². The number of hydrogen-bond acceptors (Lipinski definition) is 3. The Kier molecular flexibility index (Phi) is 5.56. The third-order valence-corrected chi connectivity index (χ3v) is 3.73. The van der Waals surface area contributed by atoms with Crippen molar-refractivity contribution in [2.45, 2.75) is 31.6 Å². The molecule has 14 heavy (non-hydrogen) atoms. The lowest BCUT2D eigenvalue weighted by Crippen LogP contribution is -1.97. The highest BCUT2D eigenvalue weighted by Gasteiger charge is 2.04. The van der Waals surface area contributed by atoms with E-state index in [1.807, 2.05) is 24.8 Å². The van der Waals surface area contributed by atoms with Crippen LogP contribution in [0.4, 0.5) is 0 Å². The summed E-state index contributed by atoms with van der Waals surface area (Å²) in [4.78, 5) is 1.28. The highest BCUT2D eigenvalue weighted by Crippen LogP contribution is 2.25. The number of hydrogen-bond donors (Lipinski definition) is 1. The third-order valence-electron chi connectivity index (χ3n) is 2.30. The number of thioether (sulfide) groups is 1. The summed E-state index contributed by atoms with van der Waals surface area (Å²) in [7, 11) is 0. The Balaban J connectivity index is 2.19. The van der Waals surface area contributed by atoms with Gasteiger partial charge in [-0.15, -0.1) is 11.8 Å². The fraction of sp³-hybridized carbons (Fsp3) is 0.636. The van der Waals surface area contributed by atoms with Crippen LogP contribution in [0.2, 0.25) is 0 Å². The molecule has 1 aromatic heterocycles. The van der Waals surface area contributed by atoms with E-state index >= 15 is 0 Å². The Morgan fingerprint density at radius 3 is 2.86 bits per heavy atom. The van der Waals surface area contributed by atoms with E-state index in [0.717, 1.165) is 17.4 Å². The van der Waals surface area contributed by atoms with Crippen LogP contribution in [0.5, 0.6) is 0 Å². The van der Waals surface area contributed by atoms with Gasteiger partial charge >= 0.3 is 0 Å². The Morgan fingerprint density at radius 2 is 2.29 bits per heavy atom. The second-order valence-electron chi connectivity index (χ2n) is 3.60. The molecule has 0 aliphatic heterocycles. The molecule has 3 heteroatoms. The topological polar surface area (TPSA) is 13.1 Å². The van der Waals surface area contributed by atoms with Gasteiger partial charge < -0.3 is 4.42 Å². The van der Waals surface area contributed by atoms with Crippen molar-refractivity contribution >= 4 is 24.4 Å². The van der Waals surface area contributed by atoms with Crippen molar-refractivity contribution in [3.05, 3.63) is 18.1 Å². The molecule has 0 aliphatic carbocycles. The summed E-state index contributed by atoms with van der Waals surface area (Å²) in [6, 6.07) is 2.04. The molecule has 1 atom stereocenters. The van der Waals surface area contributed by atoms with E-state index in [2.05, 4.69) is 19.6 Å². The van der Waals surface area contributed by atoms with Crippen LogP contribution >= 0.6 is 24.4 Å². The summed E-state index contributed by atoms with van der Waals surface area (Å²) in [5.41, 5.74) is 0. The van der Waals surface area contributed by atoms with E-state index in [4.69, 9.17) is 4.42 Å². The maximum atomic E-state index is 5.24. The Hall–Kier alpha value is -0.0200. The average Bonchev–Trinajstić information content (AvgIpc) is 2.52. The van der Waals surface area contributed by atoms with Crippen molar-refractivity contribution in [3.63, 3.8) is 0 Å². The normalized spacial score (nSPS) is 13.1. The second-order valence-corrected chi connectivity index (χ2v) is 5.18. The zero-order chi connectivity index (χ0) is 10.4. The second kappa shape index (κ2) is 6.46. The molecule has 80 valence electrons. The van der Waals surface area contributed by atoms with Crippen LogP contribution in [0.15, 0.2) is 21.6 Å². The summed E-state index contributed by atoms with van der Waals surface area (Å²) in [5, 5.41) is 0. The summed E-state index contributed by atoms with van der Waals surface area (Å²) >= 11 is 6.13. The van der Waals surface area contributed by atoms with E-state index in [9.17, 15) is 0 Å². The van der Waals surface area contributed by atoms with Gasteiger partial charge in [0.05, 0.1) is 6.26 Å². The zero-order valence-electron chi connectivity index (χ0n) is 8.82. The molecule has 0 radical (unpaired) electrons. The minimum absolute atomic E-state index is 0.784. The van der Waals surface area contributed by atoms with Gasteiger partial charge in [-0.2, -0.15) is 12.6 Å². The van der Waals surface area contributed by atoms with Gasteiger partial charge in [0.15, 0.2) is 0 Å². The standard InChI is InChI=1S/C11H18OS2/c1-9(4-7-13)5-8-14-11-3-6-12-10(11)2/h3,6,9,13H,4-5,7-8H2,1-2H3. The Morgan fingerprint density at radius 1 is 1.50 bits per heavy atom. The Bertz CT molecular complexity index is 258. The SMILES string of the molecule is Cc1occc1SCCC(C)CCS. The van der Waals surface area contributed by atoms with Gasteiger partial charge in [-0.25, -0.2) is 0 Å². The lowest BCUT2D eigenvalue weighted by Gasteiger charge is -2.08. The highest BCUT2D eigenvalue weighted by atomic mass is 32.2. The fourth-order valence-corrected chi connectivity index (χ4v) is 2.84. The smallest absolute Gasteiger partial charge is 0.114 e. The van der Waals surface area contributed by atoms with E-state index < -0.39 is 0 Å². The summed E-state index contributed by atoms with van der Waals surface area (Å²) in [6.07, 6.45) is 4.23. The van der Waals surface area contributed by atoms with Gasteiger partial charge in [0.25, 0.3) is 0 Å². The minimum atomic E-state index is 0.784. The van der Waals surface area contributed by atoms with Gasteiger partial charge in [0.1, 0.15) is 5.76 Å². The molecule has 1 nitrogen and oxygen atoms in total. The maximum Gasteiger partial charge on any atom is 0.114 e. The van der Waals surface area contributed by atoms with E-state index in [1.165, 1.54) is 23.5 Å². The minimum Gasteiger partial charge on any atom is -0.468 e. The molecule has 1 rings (SSSR count). The predicted molar refractivity (Wildman–Crippen MR) is 66.4 cm³/mol. The first-order valence-corrected chi connectivity index (χ1v) is 6.63. The molecule has 0 bridgehead atoms. The van der Waals surface area contributed by atoms with Crippen LogP contribution in [-0.4, -0.2) is 11.5 Å². The summed E-state index contributed by atoms with van der Waals surface area (Å²) in [5.74, 6) is 4.00. The molecule has 1 aromatic rings. The molecule has 0 amide bonds. The first-order valence-electron chi connectivity index (χ1n) is 5.01. The molecular weight excluding hydrogens is 212 g/mol. The molecule has 0 aliphatic rings. The van der Waals surface area contributed by atoms with Gasteiger partial charge in [-0.1, -0.05) is 6.92 Å². The van der Waals surface area contributed by atoms with Crippen LogP contribution in [0.1, 0.15) is 25.5 Å². The van der Waals surface area contributed by atoms with Crippen LogP contribution in [-0.2, 0) is 0 Å². The van der Waals surface area contributed by atoms with Crippen molar-refractivity contribution < 1.29 is 4.42 Å². The molecule has 0 saturated carbocycles. The molecular formula is C11H18OS2. The monoisotopic (exact) mass is 230 g/mol. The van der Waals surface area contributed by atoms with Crippen molar-refractivity contribution in [2.24, 2.45) is 5.92 Å². The van der Waals surface area contributed by atoms with E-state index in [1.54, 1.807) is 6.26 Å². The first-order chi connectivity index (χ1) is 6.74. The average molecular weight is 230 g/mol. The predicted octanol–water partition coefficient (Wildman–Crippen LogP) is 4.03. The van der Waals surface area contributed by atoms with Crippen LogP contribution in [0.25, 0.3) is 0 Å². The van der Waals surface area contributed by atoms with Crippen molar-refractivity contribution in [1.29, 1.82) is 0 Å². The molecule has 0 N–H and O–H groups in total. The van der Waals surface area contributed by atoms with Crippen LogP contribution < -0.4 is 0 Å². The van der Waals surface area contributed by atoms with Gasteiger partial charge in [0, 0.05) is 4.90 Å². The molecule has 1 unspecified atom stereocenters. The lowest BCUT2D eigenvalue weighted by molar-refractivity contribution is 0.526. The molecule has 1 heterocycles. The summed E-state index contributed by atoms with van der Waals surface area (Å²) < 4.78 is 5.24. The zero-order valence-corrected chi connectivity index (χ0v) is 10.5. The van der Waals surface area contributed by atoms with Crippen molar-refractivity contribution in [1.82, 2.24) is 0 Å². The third kappa shape index (κ3) is 4.01. The first kappa shape index (κ1) is 12.1. The van der Waals surface area contributed by atoms with E-state index in [-0.39, 0.29) is 0 Å². The molecule has 0 spiro atoms. The van der Waals surface area contributed by atoms with Gasteiger partial charge in [0.2, 0.25) is 0 Å². The Labute approximate surface area is 96.1 Å². The van der Waals surface area contributed by atoms with Gasteiger partial charge in [-0.3, -0.25) is 0 Å². The largest absolute Gasteiger partial charge is 0.468 e. The van der Waals surface area contributed by atoms with E-state index in [0.29, 0.717) is 0 Å². The maximum absolute atomic E-state index is 5.24. The summed E-state index contributed by atoms with van der Waals surface area (Å²) in [6.45, 7) is 4.30. The molecule has 0 aromatic carbocycles. The molecule has 0 saturated heterocycles. The fourth-order valence-electron chi connectivity index (χ4n) is 1.26. The number of rotatable bonds is 6.